The van der Waals surface area contributed by atoms with Crippen LogP contribution in [0.15, 0.2) is 5.18 Å². The highest BCUT2D eigenvalue weighted by molar-refractivity contribution is 5.12. The summed E-state index contributed by atoms with van der Waals surface area (Å²) < 4.78 is 12.2. The maximum absolute atomic E-state index is 11.6. The predicted octanol–water partition coefficient (Wildman–Crippen LogP) is 6.57. The Labute approximate surface area is 207 Å². The Morgan fingerprint density at radius 3 is 2.32 bits per heavy atom. The molecule has 0 amide bonds. The Morgan fingerprint density at radius 2 is 1.65 bits per heavy atom. The van der Waals surface area contributed by atoms with Gasteiger partial charge in [-0.15, -0.1) is 0 Å². The average Bonchev–Trinajstić information content (AvgIpc) is 3.39. The summed E-state index contributed by atoms with van der Waals surface area (Å²) in [5.74, 6) is 3.47. The highest BCUT2D eigenvalue weighted by atomic mass is 16.7. The Kier molecular flexibility index (Phi) is 6.73. The summed E-state index contributed by atoms with van der Waals surface area (Å²) in [6.07, 6.45) is 11.0. The first kappa shape index (κ1) is 25.1. The van der Waals surface area contributed by atoms with E-state index in [1.807, 2.05) is 0 Å². The fourth-order valence-electron chi connectivity index (χ4n) is 10.0. The van der Waals surface area contributed by atoms with Crippen molar-refractivity contribution in [1.29, 1.82) is 0 Å². The van der Waals surface area contributed by atoms with Crippen LogP contribution >= 0.6 is 0 Å². The molecule has 1 aliphatic heterocycles. The number of aliphatic hydroxyl groups is 1. The quantitative estimate of drug-likeness (QED) is 0.441. The normalized spacial score (nSPS) is 47.1. The number of nitrogens with zero attached hydrogens (tertiary/aromatic N) is 1. The summed E-state index contributed by atoms with van der Waals surface area (Å²) in [5.41, 5.74) is 0.621. The van der Waals surface area contributed by atoms with Crippen molar-refractivity contribution in [2.24, 2.45) is 57.4 Å². The third kappa shape index (κ3) is 3.91. The van der Waals surface area contributed by atoms with Crippen molar-refractivity contribution in [2.45, 2.75) is 117 Å². The molecule has 5 nitrogen and oxygen atoms in total. The minimum atomic E-state index is -0.363. The number of hydrogen-bond donors (Lipinski definition) is 1. The van der Waals surface area contributed by atoms with E-state index in [1.165, 1.54) is 32.1 Å². The van der Waals surface area contributed by atoms with Gasteiger partial charge in [-0.1, -0.05) is 39.8 Å². The van der Waals surface area contributed by atoms with Crippen molar-refractivity contribution in [3.8, 4) is 0 Å². The molecule has 5 fully saturated rings. The summed E-state index contributed by atoms with van der Waals surface area (Å²) in [6, 6.07) is -0.0531. The standard InChI is InChI=1S/C29H49NO4/c1-18(2)24(30-32)9-6-19(3)21-7-8-22-26-23(10-11-28(21,22)5)27(4)12-13-29(33-14-15-34-29)17-20(27)16-25(26)31/h18-26,31H,6-17H2,1-5H3/t19-,20+,21-,22?,23?,24-,25-,26?,27+,28-/m1/s1. The molecule has 0 aromatic rings. The second kappa shape index (κ2) is 9.10. The van der Waals surface area contributed by atoms with Crippen LogP contribution in [0, 0.1) is 57.2 Å². The molecule has 1 spiro atoms. The third-order valence-corrected chi connectivity index (χ3v) is 12.1. The largest absolute Gasteiger partial charge is 0.393 e. The van der Waals surface area contributed by atoms with E-state index in [0.29, 0.717) is 52.3 Å². The van der Waals surface area contributed by atoms with Crippen molar-refractivity contribution in [3.63, 3.8) is 0 Å². The first-order valence-electron chi connectivity index (χ1n) is 14.4. The molecule has 0 radical (unpaired) electrons. The van der Waals surface area contributed by atoms with Crippen molar-refractivity contribution in [2.75, 3.05) is 13.2 Å². The number of rotatable bonds is 6. The third-order valence-electron chi connectivity index (χ3n) is 12.1. The molecule has 5 aliphatic rings. The fourth-order valence-corrected chi connectivity index (χ4v) is 10.0. The zero-order valence-corrected chi connectivity index (χ0v) is 22.3. The second-order valence-corrected chi connectivity index (χ2v) is 13.8. The maximum Gasteiger partial charge on any atom is 0.168 e. The Morgan fingerprint density at radius 1 is 0.941 bits per heavy atom. The second-order valence-electron chi connectivity index (χ2n) is 13.8. The zero-order valence-electron chi connectivity index (χ0n) is 22.3. The summed E-state index contributed by atoms with van der Waals surface area (Å²) >= 11 is 0. The summed E-state index contributed by atoms with van der Waals surface area (Å²) in [4.78, 5) is 11.3. The van der Waals surface area contributed by atoms with Crippen molar-refractivity contribution < 1.29 is 14.6 Å². The van der Waals surface area contributed by atoms with Gasteiger partial charge in [0.25, 0.3) is 0 Å². The van der Waals surface area contributed by atoms with Gasteiger partial charge in [0.15, 0.2) is 5.79 Å². The van der Waals surface area contributed by atoms with E-state index in [0.717, 1.165) is 45.3 Å². The molecule has 1 N–H and O–H groups in total. The molecule has 1 heterocycles. The number of ether oxygens (including phenoxy) is 2. The minimum absolute atomic E-state index is 0.0531. The van der Waals surface area contributed by atoms with E-state index in [1.54, 1.807) is 0 Å². The average molecular weight is 476 g/mol. The molecular weight excluding hydrogens is 426 g/mol. The van der Waals surface area contributed by atoms with Gasteiger partial charge < -0.3 is 14.6 Å². The van der Waals surface area contributed by atoms with E-state index in [9.17, 15) is 10.0 Å². The van der Waals surface area contributed by atoms with Gasteiger partial charge in [0.1, 0.15) is 0 Å². The lowest BCUT2D eigenvalue weighted by Crippen LogP contribution is -2.60. The monoisotopic (exact) mass is 475 g/mol. The van der Waals surface area contributed by atoms with E-state index >= 15 is 0 Å². The van der Waals surface area contributed by atoms with Gasteiger partial charge in [0.05, 0.1) is 25.4 Å². The molecule has 0 aromatic carbocycles. The van der Waals surface area contributed by atoms with Crippen LogP contribution in [0.2, 0.25) is 0 Å². The molecule has 4 saturated carbocycles. The van der Waals surface area contributed by atoms with Gasteiger partial charge in [-0.3, -0.25) is 0 Å². The lowest BCUT2D eigenvalue weighted by Gasteiger charge is -2.63. The molecule has 194 valence electrons. The van der Waals surface area contributed by atoms with Crippen molar-refractivity contribution >= 4 is 0 Å². The van der Waals surface area contributed by atoms with Crippen LogP contribution in [0.1, 0.15) is 98.8 Å². The predicted molar refractivity (Wildman–Crippen MR) is 134 cm³/mol. The molecule has 10 atom stereocenters. The number of nitroso groups, excluding NO2 is 1. The van der Waals surface area contributed by atoms with Gasteiger partial charge in [-0.05, 0) is 104 Å². The van der Waals surface area contributed by atoms with Crippen molar-refractivity contribution in [3.05, 3.63) is 4.91 Å². The highest BCUT2D eigenvalue weighted by Gasteiger charge is 2.64. The van der Waals surface area contributed by atoms with E-state index in [-0.39, 0.29) is 17.9 Å². The van der Waals surface area contributed by atoms with E-state index in [2.05, 4.69) is 39.8 Å². The molecule has 0 aromatic heterocycles. The molecule has 0 bridgehead atoms. The van der Waals surface area contributed by atoms with E-state index in [4.69, 9.17) is 9.47 Å². The number of hydrogen-bond acceptors (Lipinski definition) is 5. The van der Waals surface area contributed by atoms with Gasteiger partial charge in [-0.25, -0.2) is 0 Å². The van der Waals surface area contributed by atoms with Crippen LogP contribution in [0.25, 0.3) is 0 Å². The van der Waals surface area contributed by atoms with Gasteiger partial charge >= 0.3 is 0 Å². The first-order chi connectivity index (χ1) is 16.1. The number of aliphatic hydroxyl groups excluding tert-OH is 1. The van der Waals surface area contributed by atoms with Gasteiger partial charge in [-0.2, -0.15) is 4.91 Å². The summed E-state index contributed by atoms with van der Waals surface area (Å²) in [6.45, 7) is 13.2. The first-order valence-corrected chi connectivity index (χ1v) is 14.4. The zero-order chi connectivity index (χ0) is 24.3. The molecule has 34 heavy (non-hydrogen) atoms. The van der Waals surface area contributed by atoms with Gasteiger partial charge in [0, 0.05) is 12.8 Å². The van der Waals surface area contributed by atoms with Crippen LogP contribution in [0.5, 0.6) is 0 Å². The molecular formula is C29H49NO4. The minimum Gasteiger partial charge on any atom is -0.393 e. The van der Waals surface area contributed by atoms with Crippen LogP contribution in [-0.2, 0) is 9.47 Å². The molecule has 1 saturated heterocycles. The Hall–Kier alpha value is -0.520. The fraction of sp³-hybridized carbons (Fsp3) is 1.00. The molecule has 5 heteroatoms. The molecule has 4 aliphatic carbocycles. The maximum atomic E-state index is 11.6. The van der Waals surface area contributed by atoms with Gasteiger partial charge in [0.2, 0.25) is 0 Å². The van der Waals surface area contributed by atoms with E-state index < -0.39 is 0 Å². The molecule has 5 rings (SSSR count). The van der Waals surface area contributed by atoms with Crippen LogP contribution in [0.3, 0.4) is 0 Å². The Bertz CT molecular complexity index is 750. The highest BCUT2D eigenvalue weighted by Crippen LogP contribution is 2.69. The van der Waals surface area contributed by atoms with Crippen LogP contribution in [-0.4, -0.2) is 36.3 Å². The van der Waals surface area contributed by atoms with Crippen LogP contribution < -0.4 is 0 Å². The smallest absolute Gasteiger partial charge is 0.168 e. The molecule has 3 unspecified atom stereocenters. The lowest BCUT2D eigenvalue weighted by molar-refractivity contribution is -0.243. The van der Waals surface area contributed by atoms with Crippen LogP contribution in [0.4, 0.5) is 0 Å². The SMILES string of the molecule is CC(C)[C@@H](CC[C@@H](C)[C@H]1CCC2C3C(CC[C@@]21C)[C@@]1(C)CCC2(C[C@@H]1C[C@H]3O)OCCO2)N=O. The summed E-state index contributed by atoms with van der Waals surface area (Å²) in [7, 11) is 0. The topological polar surface area (TPSA) is 68.1 Å². The lowest BCUT2D eigenvalue weighted by atomic mass is 9.43. The Balaban J connectivity index is 1.31. The number of fused-ring (bicyclic) bond motifs is 5. The van der Waals surface area contributed by atoms with Crippen molar-refractivity contribution in [1.82, 2.24) is 0 Å². The summed E-state index contributed by atoms with van der Waals surface area (Å²) in [5, 5.41) is 15.0.